The lowest BCUT2D eigenvalue weighted by Crippen LogP contribution is -2.11. The van der Waals surface area contributed by atoms with Gasteiger partial charge in [-0.25, -0.2) is 0 Å². The summed E-state index contributed by atoms with van der Waals surface area (Å²) in [6.07, 6.45) is 0. The van der Waals surface area contributed by atoms with Crippen LogP contribution in [0, 0.1) is 0 Å². The first-order chi connectivity index (χ1) is 31.2. The summed E-state index contributed by atoms with van der Waals surface area (Å²) < 4.78 is 9.09. The first-order valence-electron chi connectivity index (χ1n) is 21.5. The molecule has 0 bridgehead atoms. The molecule has 63 heavy (non-hydrogen) atoms. The lowest BCUT2D eigenvalue weighted by molar-refractivity contribution is 0.669. The molecule has 0 N–H and O–H groups in total. The van der Waals surface area contributed by atoms with Gasteiger partial charge in [-0.15, -0.1) is 0 Å². The Labute approximate surface area is 366 Å². The molecule has 10 aromatic carbocycles. The van der Waals surface area contributed by atoms with Crippen molar-refractivity contribution in [2.75, 3.05) is 4.90 Å². The zero-order valence-electron chi connectivity index (χ0n) is 34.4. The summed E-state index contributed by atoms with van der Waals surface area (Å²) in [6.45, 7) is 0. The van der Waals surface area contributed by atoms with Crippen molar-refractivity contribution in [3.63, 3.8) is 0 Å². The van der Waals surface area contributed by atoms with Crippen molar-refractivity contribution in [1.29, 1.82) is 0 Å². The topological polar surface area (TPSA) is 21.3 Å². The minimum atomic E-state index is 0.848. The summed E-state index contributed by atoms with van der Waals surface area (Å²) in [5.41, 5.74) is 17.5. The van der Waals surface area contributed by atoms with Crippen molar-refractivity contribution in [3.8, 4) is 50.2 Å². The third kappa shape index (κ3) is 6.38. The van der Waals surface area contributed by atoms with E-state index in [4.69, 9.17) is 4.42 Å². The molecule has 3 heteroatoms. The van der Waals surface area contributed by atoms with Gasteiger partial charge in [0.2, 0.25) is 0 Å². The van der Waals surface area contributed by atoms with E-state index in [9.17, 15) is 0 Å². The Morgan fingerprint density at radius 2 is 0.825 bits per heavy atom. The fraction of sp³-hybridized carbons (Fsp3) is 0. The Bertz CT molecular complexity index is 3530. The highest BCUT2D eigenvalue weighted by molar-refractivity contribution is 6.17. The van der Waals surface area contributed by atoms with Crippen LogP contribution in [-0.2, 0) is 0 Å². The molecule has 0 aliphatic heterocycles. The van der Waals surface area contributed by atoms with Crippen molar-refractivity contribution in [1.82, 2.24) is 4.57 Å². The van der Waals surface area contributed by atoms with Crippen molar-refractivity contribution >= 4 is 60.8 Å². The summed E-state index contributed by atoms with van der Waals surface area (Å²) in [5.74, 6) is 0. The highest BCUT2D eigenvalue weighted by Gasteiger charge is 2.25. The number of fused-ring (bicyclic) bond motifs is 6. The van der Waals surface area contributed by atoms with Gasteiger partial charge in [0, 0.05) is 44.2 Å². The number of anilines is 3. The molecule has 0 unspecified atom stereocenters. The third-order valence-electron chi connectivity index (χ3n) is 12.4. The van der Waals surface area contributed by atoms with Crippen LogP contribution < -0.4 is 4.90 Å². The zero-order chi connectivity index (χ0) is 41.7. The fourth-order valence-corrected chi connectivity index (χ4v) is 9.46. The number of rotatable bonds is 8. The molecule has 0 aliphatic carbocycles. The highest BCUT2D eigenvalue weighted by atomic mass is 16.3. The van der Waals surface area contributed by atoms with E-state index in [1.165, 1.54) is 27.4 Å². The lowest BCUT2D eigenvalue weighted by Gasteiger charge is -2.29. The second kappa shape index (κ2) is 15.3. The molecule has 0 spiro atoms. The minimum Gasteiger partial charge on any atom is -0.456 e. The van der Waals surface area contributed by atoms with Gasteiger partial charge in [-0.1, -0.05) is 164 Å². The summed E-state index contributed by atoms with van der Waals surface area (Å²) in [7, 11) is 0. The van der Waals surface area contributed by atoms with Crippen molar-refractivity contribution in [2.45, 2.75) is 0 Å². The monoisotopic (exact) mass is 804 g/mol. The first-order valence-corrected chi connectivity index (χ1v) is 21.5. The number of aromatic nitrogens is 1. The predicted octanol–water partition coefficient (Wildman–Crippen LogP) is 16.8. The van der Waals surface area contributed by atoms with Crippen LogP contribution >= 0.6 is 0 Å². The summed E-state index contributed by atoms with van der Waals surface area (Å²) in [4.78, 5) is 2.44. The average molecular weight is 805 g/mol. The predicted molar refractivity (Wildman–Crippen MR) is 264 cm³/mol. The van der Waals surface area contributed by atoms with Gasteiger partial charge in [0.25, 0.3) is 0 Å². The second-order valence-corrected chi connectivity index (χ2v) is 16.1. The van der Waals surface area contributed by atoms with Gasteiger partial charge in [0.1, 0.15) is 11.2 Å². The highest BCUT2D eigenvalue weighted by Crippen LogP contribution is 2.49. The minimum absolute atomic E-state index is 0.848. The van der Waals surface area contributed by atoms with Crippen LogP contribution in [0.2, 0.25) is 0 Å². The zero-order valence-corrected chi connectivity index (χ0v) is 34.4. The average Bonchev–Trinajstić information content (AvgIpc) is 3.91. The van der Waals surface area contributed by atoms with Gasteiger partial charge in [-0.3, -0.25) is 0 Å². The van der Waals surface area contributed by atoms with Crippen LogP contribution in [-0.4, -0.2) is 4.57 Å². The Hall–Kier alpha value is -8.40. The van der Waals surface area contributed by atoms with Crippen LogP contribution in [0.15, 0.2) is 247 Å². The van der Waals surface area contributed by atoms with Gasteiger partial charge in [0.05, 0.1) is 16.7 Å². The van der Waals surface area contributed by atoms with E-state index >= 15 is 0 Å². The number of hydrogen-bond acceptors (Lipinski definition) is 2. The third-order valence-corrected chi connectivity index (χ3v) is 12.4. The quantitative estimate of drug-likeness (QED) is 0.153. The maximum absolute atomic E-state index is 6.69. The van der Waals surface area contributed by atoms with Gasteiger partial charge >= 0.3 is 0 Å². The van der Waals surface area contributed by atoms with Crippen molar-refractivity contribution in [3.05, 3.63) is 243 Å². The molecule has 0 saturated heterocycles. The van der Waals surface area contributed by atoms with Crippen LogP contribution in [0.4, 0.5) is 17.1 Å². The summed E-state index contributed by atoms with van der Waals surface area (Å²) in [5, 5.41) is 4.59. The van der Waals surface area contributed by atoms with E-state index < -0.39 is 0 Å². The summed E-state index contributed by atoms with van der Waals surface area (Å²) in [6, 6.07) is 87.3. The lowest BCUT2D eigenvalue weighted by atomic mass is 9.90. The molecular weight excluding hydrogens is 765 g/mol. The number of furan rings is 1. The van der Waals surface area contributed by atoms with Gasteiger partial charge < -0.3 is 13.9 Å². The molecule has 0 amide bonds. The Balaban J connectivity index is 1.18. The van der Waals surface area contributed by atoms with E-state index in [2.05, 4.69) is 252 Å². The molecular formula is C60H40N2O. The van der Waals surface area contributed by atoms with Crippen LogP contribution in [0.1, 0.15) is 0 Å². The normalized spacial score (nSPS) is 11.5. The summed E-state index contributed by atoms with van der Waals surface area (Å²) >= 11 is 0. The Morgan fingerprint density at radius 1 is 0.317 bits per heavy atom. The number of benzene rings is 10. The van der Waals surface area contributed by atoms with Crippen LogP contribution in [0.5, 0.6) is 0 Å². The second-order valence-electron chi connectivity index (χ2n) is 16.1. The smallest absolute Gasteiger partial charge is 0.136 e. The standard InChI is InChI=1S/C60H40N2O/c1-5-17-41(18-6-1)44-29-31-49(32-30-44)61(50-33-34-52-51-25-13-15-27-54(51)62(56(52)40-50)48-23-11-4-12-24-48)55-35-36-58-60(53-26-14-16-28-57(53)63-58)59(55)47-38-45(42-19-7-2-8-20-42)37-46(39-47)43-21-9-3-10-22-43/h1-40H. The molecule has 0 saturated carbocycles. The molecule has 0 radical (unpaired) electrons. The van der Waals surface area contributed by atoms with E-state index in [0.29, 0.717) is 0 Å². The maximum atomic E-state index is 6.69. The number of para-hydroxylation sites is 3. The molecule has 0 aliphatic rings. The van der Waals surface area contributed by atoms with Crippen molar-refractivity contribution in [2.24, 2.45) is 0 Å². The fourth-order valence-electron chi connectivity index (χ4n) is 9.46. The van der Waals surface area contributed by atoms with E-state index in [0.717, 1.165) is 83.6 Å². The molecule has 2 aromatic heterocycles. The molecule has 0 fully saturated rings. The molecule has 12 aromatic rings. The molecule has 0 atom stereocenters. The Kier molecular flexibility index (Phi) is 8.83. The van der Waals surface area contributed by atoms with Gasteiger partial charge in [-0.2, -0.15) is 0 Å². The number of hydrogen-bond donors (Lipinski definition) is 0. The molecule has 12 rings (SSSR count). The molecule has 296 valence electrons. The molecule has 3 nitrogen and oxygen atoms in total. The Morgan fingerprint density at radius 3 is 1.49 bits per heavy atom. The van der Waals surface area contributed by atoms with Crippen molar-refractivity contribution < 1.29 is 4.42 Å². The number of nitrogens with zero attached hydrogens (tertiary/aromatic N) is 2. The SMILES string of the molecule is c1ccc(-c2ccc(N(c3ccc4c5ccccc5n(-c5ccccc5)c4c3)c3ccc4oc5ccccc5c4c3-c3cc(-c4ccccc4)cc(-c4ccccc4)c3)cc2)cc1. The van der Waals surface area contributed by atoms with E-state index in [-0.39, 0.29) is 0 Å². The maximum Gasteiger partial charge on any atom is 0.136 e. The first kappa shape index (κ1) is 36.5. The van der Waals surface area contributed by atoms with Crippen LogP contribution in [0.3, 0.4) is 0 Å². The van der Waals surface area contributed by atoms with E-state index in [1.54, 1.807) is 0 Å². The van der Waals surface area contributed by atoms with Gasteiger partial charge in [-0.05, 0) is 118 Å². The van der Waals surface area contributed by atoms with Gasteiger partial charge in [0.15, 0.2) is 0 Å². The molecule has 2 heterocycles. The van der Waals surface area contributed by atoms with E-state index in [1.807, 2.05) is 0 Å². The largest absolute Gasteiger partial charge is 0.456 e. The van der Waals surface area contributed by atoms with Crippen LogP contribution in [0.25, 0.3) is 93.9 Å².